The van der Waals surface area contributed by atoms with Crippen molar-refractivity contribution in [2.75, 3.05) is 18.5 Å². The molecule has 0 bridgehead atoms. The van der Waals surface area contributed by atoms with Gasteiger partial charge in [-0.2, -0.15) is 5.26 Å². The van der Waals surface area contributed by atoms with Crippen LogP contribution in [0.2, 0.25) is 0 Å². The van der Waals surface area contributed by atoms with Crippen LogP contribution < -0.4 is 14.8 Å². The maximum absolute atomic E-state index is 13.9. The number of furan rings is 1. The number of nitrogens with one attached hydrogen (secondary N) is 1. The number of carbonyl (C=O) groups excluding carboxylic acids is 1. The third-order valence-corrected chi connectivity index (χ3v) is 4.22. The number of rotatable bonds is 4. The molecule has 29 heavy (non-hydrogen) atoms. The quantitative estimate of drug-likeness (QED) is 0.527. The van der Waals surface area contributed by atoms with Crippen LogP contribution in [0.3, 0.4) is 0 Å². The maximum Gasteiger partial charge on any atom is 0.266 e. The number of anilines is 1. The van der Waals surface area contributed by atoms with Crippen molar-refractivity contribution in [1.82, 2.24) is 0 Å². The average molecular weight is 390 g/mol. The molecule has 1 aliphatic rings. The molecule has 2 aromatic carbocycles. The van der Waals surface area contributed by atoms with Crippen LogP contribution in [0.15, 0.2) is 64.6 Å². The van der Waals surface area contributed by atoms with Gasteiger partial charge in [-0.05, 0) is 36.4 Å². The standard InChI is InChI=1S/C22H15FN2O4/c23-18-4-2-1-3-17(18)19-8-6-16(29-19)11-14(13-24)22(26)25-15-5-7-20-21(12-15)28-10-9-27-20/h1-8,11-12H,9-10H2,(H,25,26)/b14-11+. The smallest absolute Gasteiger partial charge is 0.266 e. The van der Waals surface area contributed by atoms with Crippen molar-refractivity contribution < 1.29 is 23.1 Å². The third kappa shape index (κ3) is 3.96. The molecule has 2 heterocycles. The fraction of sp³-hybridized carbons (Fsp3) is 0.0909. The molecule has 0 saturated heterocycles. The minimum Gasteiger partial charge on any atom is -0.486 e. The normalized spacial score (nSPS) is 12.9. The van der Waals surface area contributed by atoms with Crippen LogP contribution in [-0.2, 0) is 4.79 Å². The number of nitriles is 1. The fourth-order valence-electron chi connectivity index (χ4n) is 2.85. The van der Waals surface area contributed by atoms with Gasteiger partial charge in [-0.25, -0.2) is 4.39 Å². The number of carbonyl (C=O) groups is 1. The molecule has 0 atom stereocenters. The first-order chi connectivity index (χ1) is 14.1. The lowest BCUT2D eigenvalue weighted by molar-refractivity contribution is -0.112. The molecule has 1 aliphatic heterocycles. The lowest BCUT2D eigenvalue weighted by atomic mass is 10.1. The van der Waals surface area contributed by atoms with Gasteiger partial charge in [0.1, 0.15) is 42.2 Å². The molecular formula is C22H15FN2O4. The molecule has 0 saturated carbocycles. The molecule has 3 aromatic rings. The summed E-state index contributed by atoms with van der Waals surface area (Å²) in [5.74, 6) is 0.664. The van der Waals surface area contributed by atoms with Gasteiger partial charge in [-0.1, -0.05) is 12.1 Å². The van der Waals surface area contributed by atoms with Crippen molar-refractivity contribution in [3.8, 4) is 28.9 Å². The number of hydrogen-bond acceptors (Lipinski definition) is 5. The second-order valence-electron chi connectivity index (χ2n) is 6.16. The van der Waals surface area contributed by atoms with Gasteiger partial charge < -0.3 is 19.2 Å². The Labute approximate surface area is 165 Å². The van der Waals surface area contributed by atoms with Crippen LogP contribution in [0.5, 0.6) is 11.5 Å². The van der Waals surface area contributed by atoms with E-state index < -0.39 is 11.7 Å². The van der Waals surface area contributed by atoms with Crippen molar-refractivity contribution >= 4 is 17.7 Å². The monoisotopic (exact) mass is 390 g/mol. The van der Waals surface area contributed by atoms with E-state index in [1.165, 1.54) is 12.1 Å². The van der Waals surface area contributed by atoms with Crippen LogP contribution in [-0.4, -0.2) is 19.1 Å². The zero-order valence-corrected chi connectivity index (χ0v) is 15.1. The van der Waals surface area contributed by atoms with E-state index in [4.69, 9.17) is 13.9 Å². The summed E-state index contributed by atoms with van der Waals surface area (Å²) in [7, 11) is 0. The van der Waals surface area contributed by atoms with Gasteiger partial charge in [0.2, 0.25) is 0 Å². The Balaban J connectivity index is 1.53. The number of halogens is 1. The van der Waals surface area contributed by atoms with Gasteiger partial charge in [-0.3, -0.25) is 4.79 Å². The van der Waals surface area contributed by atoms with Gasteiger partial charge >= 0.3 is 0 Å². The van der Waals surface area contributed by atoms with Gasteiger partial charge in [0.15, 0.2) is 11.5 Å². The summed E-state index contributed by atoms with van der Waals surface area (Å²) >= 11 is 0. The highest BCUT2D eigenvalue weighted by atomic mass is 19.1. The zero-order valence-electron chi connectivity index (χ0n) is 15.1. The van der Waals surface area contributed by atoms with Crippen molar-refractivity contribution in [2.24, 2.45) is 0 Å². The zero-order chi connectivity index (χ0) is 20.2. The van der Waals surface area contributed by atoms with Crippen LogP contribution in [0.1, 0.15) is 5.76 Å². The molecule has 0 radical (unpaired) electrons. The molecule has 0 spiro atoms. The van der Waals surface area contributed by atoms with Crippen molar-refractivity contribution in [1.29, 1.82) is 5.26 Å². The van der Waals surface area contributed by atoms with Gasteiger partial charge in [0.25, 0.3) is 5.91 Å². The van der Waals surface area contributed by atoms with Gasteiger partial charge in [0.05, 0.1) is 5.56 Å². The number of hydrogen-bond donors (Lipinski definition) is 1. The number of benzene rings is 2. The largest absolute Gasteiger partial charge is 0.486 e. The molecular weight excluding hydrogens is 375 g/mol. The molecule has 7 heteroatoms. The number of amides is 1. The Hall–Kier alpha value is -4.05. The molecule has 1 N–H and O–H groups in total. The van der Waals surface area contributed by atoms with E-state index in [9.17, 15) is 14.4 Å². The first kappa shape index (κ1) is 18.3. The highest BCUT2D eigenvalue weighted by Crippen LogP contribution is 2.32. The predicted octanol–water partition coefficient (Wildman–Crippen LogP) is 4.40. The van der Waals surface area contributed by atoms with Crippen molar-refractivity contribution in [3.63, 3.8) is 0 Å². The molecule has 1 amide bonds. The first-order valence-electron chi connectivity index (χ1n) is 8.81. The lowest BCUT2D eigenvalue weighted by Crippen LogP contribution is -2.17. The highest BCUT2D eigenvalue weighted by molar-refractivity contribution is 6.09. The Bertz CT molecular complexity index is 1140. The predicted molar refractivity (Wildman–Crippen MR) is 104 cm³/mol. The Kier molecular flexibility index (Phi) is 4.99. The minimum absolute atomic E-state index is 0.158. The first-order valence-corrected chi connectivity index (χ1v) is 8.81. The Morgan fingerprint density at radius 3 is 2.66 bits per heavy atom. The van der Waals surface area contributed by atoms with E-state index in [1.54, 1.807) is 48.5 Å². The van der Waals surface area contributed by atoms with Crippen LogP contribution in [0.25, 0.3) is 17.4 Å². The molecule has 1 aromatic heterocycles. The molecule has 6 nitrogen and oxygen atoms in total. The summed E-state index contributed by atoms with van der Waals surface area (Å²) in [6.45, 7) is 0.897. The number of ether oxygens (including phenoxy) is 2. The van der Waals surface area contributed by atoms with E-state index in [0.717, 1.165) is 0 Å². The van der Waals surface area contributed by atoms with E-state index in [0.29, 0.717) is 41.7 Å². The highest BCUT2D eigenvalue weighted by Gasteiger charge is 2.15. The average Bonchev–Trinajstić information content (AvgIpc) is 3.20. The lowest BCUT2D eigenvalue weighted by Gasteiger charge is -2.18. The molecule has 4 rings (SSSR count). The molecule has 0 fully saturated rings. The topological polar surface area (TPSA) is 84.5 Å². The summed E-state index contributed by atoms with van der Waals surface area (Å²) in [4.78, 5) is 12.5. The van der Waals surface area contributed by atoms with E-state index >= 15 is 0 Å². The van der Waals surface area contributed by atoms with Gasteiger partial charge in [0, 0.05) is 17.8 Å². The molecule has 0 aliphatic carbocycles. The maximum atomic E-state index is 13.9. The SMILES string of the molecule is N#C/C(=C\c1ccc(-c2ccccc2F)o1)C(=O)Nc1ccc2c(c1)OCCO2. The Morgan fingerprint density at radius 2 is 1.86 bits per heavy atom. The summed E-state index contributed by atoms with van der Waals surface area (Å²) in [5, 5.41) is 12.0. The van der Waals surface area contributed by atoms with Gasteiger partial charge in [-0.15, -0.1) is 0 Å². The van der Waals surface area contributed by atoms with Crippen LogP contribution in [0.4, 0.5) is 10.1 Å². The summed E-state index contributed by atoms with van der Waals surface area (Å²) in [5.41, 5.74) is 0.604. The van der Waals surface area contributed by atoms with E-state index in [1.807, 2.05) is 6.07 Å². The Morgan fingerprint density at radius 1 is 1.07 bits per heavy atom. The van der Waals surface area contributed by atoms with Crippen LogP contribution >= 0.6 is 0 Å². The number of fused-ring (bicyclic) bond motifs is 1. The summed E-state index contributed by atoms with van der Waals surface area (Å²) in [6.07, 6.45) is 1.30. The third-order valence-electron chi connectivity index (χ3n) is 4.22. The molecule has 144 valence electrons. The van der Waals surface area contributed by atoms with E-state index in [-0.39, 0.29) is 11.3 Å². The second-order valence-corrected chi connectivity index (χ2v) is 6.16. The van der Waals surface area contributed by atoms with Crippen LogP contribution in [0, 0.1) is 17.1 Å². The van der Waals surface area contributed by atoms with Crippen molar-refractivity contribution in [3.05, 3.63) is 71.7 Å². The number of nitrogens with zero attached hydrogens (tertiary/aromatic N) is 1. The fourth-order valence-corrected chi connectivity index (χ4v) is 2.85. The summed E-state index contributed by atoms with van der Waals surface area (Å²) in [6, 6.07) is 16.2. The second kappa shape index (κ2) is 7.90. The van der Waals surface area contributed by atoms with E-state index in [2.05, 4.69) is 5.32 Å². The summed E-state index contributed by atoms with van der Waals surface area (Å²) < 4.78 is 30.4. The minimum atomic E-state index is -0.604. The molecule has 0 unspecified atom stereocenters. The van der Waals surface area contributed by atoms with Crippen molar-refractivity contribution in [2.45, 2.75) is 0 Å².